The molecule has 9 heteroatoms. The van der Waals surface area contributed by atoms with E-state index in [-0.39, 0.29) is 16.0 Å². The van der Waals surface area contributed by atoms with Crippen molar-refractivity contribution in [3.8, 4) is 11.5 Å². The summed E-state index contributed by atoms with van der Waals surface area (Å²) < 4.78 is 38.1. The summed E-state index contributed by atoms with van der Waals surface area (Å²) in [7, 11) is -0.587. The van der Waals surface area contributed by atoms with Gasteiger partial charge in [-0.25, -0.2) is 8.42 Å². The van der Waals surface area contributed by atoms with Gasteiger partial charge >= 0.3 is 0 Å². The van der Waals surface area contributed by atoms with Gasteiger partial charge < -0.3 is 14.8 Å². The highest BCUT2D eigenvalue weighted by Crippen LogP contribution is 2.27. The van der Waals surface area contributed by atoms with Crippen molar-refractivity contribution >= 4 is 27.3 Å². The molecular formula is C19H26N2O5S2. The number of rotatable bonds is 10. The molecule has 1 atom stereocenters. The van der Waals surface area contributed by atoms with Gasteiger partial charge in [-0.05, 0) is 41.5 Å². The maximum absolute atomic E-state index is 12.6. The summed E-state index contributed by atoms with van der Waals surface area (Å²) in [5.74, 6) is 0.708. The molecule has 0 saturated heterocycles. The van der Waals surface area contributed by atoms with Crippen LogP contribution >= 0.6 is 11.3 Å². The lowest BCUT2D eigenvalue weighted by Crippen LogP contribution is -2.49. The number of ether oxygens (including phenoxy) is 2. The van der Waals surface area contributed by atoms with E-state index in [9.17, 15) is 13.2 Å². The van der Waals surface area contributed by atoms with Crippen molar-refractivity contribution in [2.24, 2.45) is 5.92 Å². The number of thiophene rings is 1. The first kappa shape index (κ1) is 22.2. The first-order valence-electron chi connectivity index (χ1n) is 8.83. The molecule has 0 aliphatic carbocycles. The zero-order chi connectivity index (χ0) is 20.7. The van der Waals surface area contributed by atoms with Crippen LogP contribution in [-0.2, 0) is 21.2 Å². The minimum absolute atomic E-state index is 0.191. The lowest BCUT2D eigenvalue weighted by atomic mass is 10.0. The Morgan fingerprint density at radius 2 is 1.86 bits per heavy atom. The standard InChI is InChI=1S/C19H26N2O5S2/c1-13(2)18(21-28(23,24)17-6-5-11-27-17)19(22)20-10-9-14-7-8-15(25-3)16(12-14)26-4/h5-8,11-13,18,21H,9-10H2,1-4H3,(H,20,22)/t18-/m1/s1. The molecule has 1 amide bonds. The number of benzene rings is 1. The third kappa shape index (κ3) is 5.70. The third-order valence-corrected chi connectivity index (χ3v) is 6.99. The normalized spacial score (nSPS) is 12.6. The summed E-state index contributed by atoms with van der Waals surface area (Å²) in [4.78, 5) is 12.6. The summed E-state index contributed by atoms with van der Waals surface area (Å²) in [5.41, 5.74) is 0.971. The predicted molar refractivity (Wildman–Crippen MR) is 110 cm³/mol. The van der Waals surface area contributed by atoms with Crippen LogP contribution in [0.15, 0.2) is 39.9 Å². The Bertz CT molecular complexity index is 880. The van der Waals surface area contributed by atoms with E-state index < -0.39 is 16.1 Å². The number of methoxy groups -OCH3 is 2. The predicted octanol–water partition coefficient (Wildman–Crippen LogP) is 2.43. The third-order valence-electron chi connectivity index (χ3n) is 4.15. The lowest BCUT2D eigenvalue weighted by molar-refractivity contribution is -0.123. The van der Waals surface area contributed by atoms with Crippen LogP contribution in [0.2, 0.25) is 0 Å². The fourth-order valence-corrected chi connectivity index (χ4v) is 4.96. The molecule has 7 nitrogen and oxygen atoms in total. The van der Waals surface area contributed by atoms with Crippen LogP contribution in [0, 0.1) is 5.92 Å². The maximum atomic E-state index is 12.6. The van der Waals surface area contributed by atoms with Gasteiger partial charge in [0, 0.05) is 6.54 Å². The quantitative estimate of drug-likeness (QED) is 0.609. The summed E-state index contributed by atoms with van der Waals surface area (Å²) >= 11 is 1.11. The second-order valence-corrected chi connectivity index (χ2v) is 9.39. The van der Waals surface area contributed by atoms with Crippen molar-refractivity contribution < 1.29 is 22.7 Å². The molecule has 1 aromatic carbocycles. The van der Waals surface area contributed by atoms with E-state index in [4.69, 9.17) is 9.47 Å². The van der Waals surface area contributed by atoms with Gasteiger partial charge in [-0.1, -0.05) is 26.0 Å². The minimum atomic E-state index is -3.72. The van der Waals surface area contributed by atoms with Crippen molar-refractivity contribution in [1.82, 2.24) is 10.0 Å². The van der Waals surface area contributed by atoms with Crippen molar-refractivity contribution in [1.29, 1.82) is 0 Å². The molecule has 0 bridgehead atoms. The smallest absolute Gasteiger partial charge is 0.250 e. The summed E-state index contributed by atoms with van der Waals surface area (Å²) in [5, 5.41) is 4.49. The van der Waals surface area contributed by atoms with Gasteiger partial charge in [-0.2, -0.15) is 4.72 Å². The zero-order valence-electron chi connectivity index (χ0n) is 16.4. The van der Waals surface area contributed by atoms with Gasteiger partial charge in [-0.15, -0.1) is 11.3 Å². The van der Waals surface area contributed by atoms with Gasteiger partial charge in [0.05, 0.1) is 14.2 Å². The van der Waals surface area contributed by atoms with Crippen LogP contribution < -0.4 is 19.5 Å². The highest BCUT2D eigenvalue weighted by molar-refractivity contribution is 7.91. The van der Waals surface area contributed by atoms with Gasteiger partial charge in [-0.3, -0.25) is 4.79 Å². The second-order valence-electron chi connectivity index (χ2n) is 6.51. The summed E-state index contributed by atoms with van der Waals surface area (Å²) in [6.45, 7) is 3.98. The van der Waals surface area contributed by atoms with E-state index in [1.807, 2.05) is 18.2 Å². The molecular weight excluding hydrogens is 400 g/mol. The highest BCUT2D eigenvalue weighted by atomic mass is 32.2. The van der Waals surface area contributed by atoms with E-state index in [1.54, 1.807) is 39.5 Å². The number of nitrogens with one attached hydrogen (secondary N) is 2. The van der Waals surface area contributed by atoms with Crippen LogP contribution in [0.25, 0.3) is 0 Å². The van der Waals surface area contributed by atoms with Crippen LogP contribution in [0.5, 0.6) is 11.5 Å². The number of amides is 1. The molecule has 0 radical (unpaired) electrons. The second kappa shape index (κ2) is 9.90. The lowest BCUT2D eigenvalue weighted by Gasteiger charge is -2.21. The molecule has 28 heavy (non-hydrogen) atoms. The average Bonchev–Trinajstić information content (AvgIpc) is 3.21. The molecule has 2 rings (SSSR count). The fourth-order valence-electron chi connectivity index (χ4n) is 2.61. The Morgan fingerprint density at radius 1 is 1.14 bits per heavy atom. The molecule has 154 valence electrons. The SMILES string of the molecule is COc1ccc(CCNC(=O)[C@H](NS(=O)(=O)c2cccs2)C(C)C)cc1OC. The molecule has 0 unspecified atom stereocenters. The summed E-state index contributed by atoms with van der Waals surface area (Å²) in [6, 6.07) is 7.88. The Hall–Kier alpha value is -2.10. The van der Waals surface area contributed by atoms with Gasteiger partial charge in [0.15, 0.2) is 11.5 Å². The van der Waals surface area contributed by atoms with Crippen molar-refractivity contribution in [3.63, 3.8) is 0 Å². The fraction of sp³-hybridized carbons (Fsp3) is 0.421. The number of hydrogen-bond donors (Lipinski definition) is 2. The molecule has 2 aromatic rings. The number of carbonyl (C=O) groups excluding carboxylic acids is 1. The number of sulfonamides is 1. The van der Waals surface area contributed by atoms with Gasteiger partial charge in [0.1, 0.15) is 10.3 Å². The molecule has 0 spiro atoms. The Kier molecular flexibility index (Phi) is 7.85. The van der Waals surface area contributed by atoms with E-state index in [1.165, 1.54) is 6.07 Å². The van der Waals surface area contributed by atoms with E-state index >= 15 is 0 Å². The molecule has 0 aliphatic rings. The number of hydrogen-bond acceptors (Lipinski definition) is 6. The van der Waals surface area contributed by atoms with Gasteiger partial charge in [0.25, 0.3) is 10.0 Å². The first-order chi connectivity index (χ1) is 13.3. The molecule has 1 aromatic heterocycles. The Balaban J connectivity index is 1.98. The molecule has 0 aliphatic heterocycles. The number of carbonyl (C=O) groups is 1. The first-order valence-corrected chi connectivity index (χ1v) is 11.2. The van der Waals surface area contributed by atoms with E-state index in [2.05, 4.69) is 10.0 Å². The monoisotopic (exact) mass is 426 g/mol. The Labute approximate surface area is 170 Å². The van der Waals surface area contributed by atoms with E-state index in [0.29, 0.717) is 24.5 Å². The van der Waals surface area contributed by atoms with Crippen LogP contribution in [-0.4, -0.2) is 41.1 Å². The molecule has 2 N–H and O–H groups in total. The van der Waals surface area contributed by atoms with Crippen LogP contribution in [0.3, 0.4) is 0 Å². The van der Waals surface area contributed by atoms with Crippen molar-refractivity contribution in [2.45, 2.75) is 30.5 Å². The summed E-state index contributed by atoms with van der Waals surface area (Å²) in [6.07, 6.45) is 0.578. The minimum Gasteiger partial charge on any atom is -0.493 e. The maximum Gasteiger partial charge on any atom is 0.250 e. The molecule has 1 heterocycles. The zero-order valence-corrected chi connectivity index (χ0v) is 18.0. The molecule has 0 fully saturated rings. The topological polar surface area (TPSA) is 93.7 Å². The highest BCUT2D eigenvalue weighted by Gasteiger charge is 2.28. The van der Waals surface area contributed by atoms with Crippen LogP contribution in [0.1, 0.15) is 19.4 Å². The Morgan fingerprint density at radius 3 is 2.43 bits per heavy atom. The molecule has 0 saturated carbocycles. The average molecular weight is 427 g/mol. The van der Waals surface area contributed by atoms with Crippen molar-refractivity contribution in [2.75, 3.05) is 20.8 Å². The van der Waals surface area contributed by atoms with Gasteiger partial charge in [0.2, 0.25) is 5.91 Å². The van der Waals surface area contributed by atoms with E-state index in [0.717, 1.165) is 16.9 Å². The largest absolute Gasteiger partial charge is 0.493 e. The van der Waals surface area contributed by atoms with Crippen LogP contribution in [0.4, 0.5) is 0 Å². The van der Waals surface area contributed by atoms with Crippen molar-refractivity contribution in [3.05, 3.63) is 41.3 Å².